The van der Waals surface area contributed by atoms with E-state index in [4.69, 9.17) is 5.73 Å². The lowest BCUT2D eigenvalue weighted by molar-refractivity contribution is 0.716. The van der Waals surface area contributed by atoms with Crippen LogP contribution in [0.4, 0.5) is 0 Å². The van der Waals surface area contributed by atoms with Gasteiger partial charge < -0.3 is 5.73 Å². The normalized spacial score (nSPS) is 14.6. The van der Waals surface area contributed by atoms with Gasteiger partial charge in [0.1, 0.15) is 6.33 Å². The van der Waals surface area contributed by atoms with Crippen molar-refractivity contribution in [2.75, 3.05) is 0 Å². The number of aromatic nitrogens is 4. The molecule has 0 aliphatic rings. The molecule has 0 fully saturated rings. The topological polar surface area (TPSA) is 80.5 Å². The molecule has 6 heteroatoms. The van der Waals surface area contributed by atoms with E-state index >= 15 is 0 Å². The molecule has 2 atom stereocenters. The molecule has 2 heterocycles. The number of nitrogens with one attached hydrogen (secondary N) is 1. The van der Waals surface area contributed by atoms with Gasteiger partial charge in [-0.05, 0) is 18.6 Å². The van der Waals surface area contributed by atoms with E-state index in [2.05, 4.69) is 20.2 Å². The minimum atomic E-state index is 0.0132. The number of H-pyrrole nitrogens is 1. The Morgan fingerprint density at radius 1 is 1.50 bits per heavy atom. The molecule has 84 valence electrons. The number of rotatable bonds is 4. The molecular formula is C10H13N5S. The van der Waals surface area contributed by atoms with Crippen LogP contribution in [0.15, 0.2) is 36.0 Å². The van der Waals surface area contributed by atoms with E-state index in [1.807, 2.05) is 25.3 Å². The zero-order valence-corrected chi connectivity index (χ0v) is 9.69. The van der Waals surface area contributed by atoms with Crippen molar-refractivity contribution in [3.05, 3.63) is 36.4 Å². The number of thioether (sulfide) groups is 1. The highest BCUT2D eigenvalue weighted by atomic mass is 32.2. The lowest BCUT2D eigenvalue weighted by atomic mass is 10.1. The Hall–Kier alpha value is -1.40. The molecule has 0 aliphatic carbocycles. The van der Waals surface area contributed by atoms with E-state index in [1.165, 1.54) is 6.33 Å². The average molecular weight is 235 g/mol. The third-order valence-corrected chi connectivity index (χ3v) is 3.50. The van der Waals surface area contributed by atoms with Crippen LogP contribution in [0, 0.1) is 0 Å². The molecule has 0 saturated carbocycles. The van der Waals surface area contributed by atoms with Crippen LogP contribution in [-0.4, -0.2) is 26.2 Å². The molecular weight excluding hydrogens is 222 g/mol. The van der Waals surface area contributed by atoms with Crippen LogP contribution in [-0.2, 0) is 0 Å². The third-order valence-electron chi connectivity index (χ3n) is 2.12. The van der Waals surface area contributed by atoms with E-state index in [1.54, 1.807) is 18.0 Å². The molecule has 2 aromatic rings. The number of hydrogen-bond donors (Lipinski definition) is 2. The van der Waals surface area contributed by atoms with Gasteiger partial charge >= 0.3 is 0 Å². The van der Waals surface area contributed by atoms with Gasteiger partial charge in [-0.1, -0.05) is 17.8 Å². The fourth-order valence-corrected chi connectivity index (χ4v) is 2.34. The first-order chi connectivity index (χ1) is 7.77. The van der Waals surface area contributed by atoms with Gasteiger partial charge in [0.25, 0.3) is 0 Å². The molecule has 16 heavy (non-hydrogen) atoms. The largest absolute Gasteiger partial charge is 0.327 e. The number of aromatic amines is 1. The van der Waals surface area contributed by atoms with E-state index in [-0.39, 0.29) is 11.3 Å². The molecule has 2 unspecified atom stereocenters. The van der Waals surface area contributed by atoms with Gasteiger partial charge in [-0.25, -0.2) is 4.98 Å². The van der Waals surface area contributed by atoms with Gasteiger partial charge in [0.15, 0.2) is 5.16 Å². The Morgan fingerprint density at radius 2 is 2.38 bits per heavy atom. The maximum absolute atomic E-state index is 5.97. The smallest absolute Gasteiger partial charge is 0.184 e. The number of nitrogens with zero attached hydrogens (tertiary/aromatic N) is 3. The van der Waals surface area contributed by atoms with Crippen molar-refractivity contribution in [1.29, 1.82) is 0 Å². The average Bonchev–Trinajstić information content (AvgIpc) is 2.79. The van der Waals surface area contributed by atoms with Gasteiger partial charge in [0.2, 0.25) is 0 Å². The monoisotopic (exact) mass is 235 g/mol. The molecule has 2 aromatic heterocycles. The molecule has 3 N–H and O–H groups in total. The SMILES string of the molecule is CC(N)C(Sc1ncn[nH]1)c1cccnc1. The predicted molar refractivity (Wildman–Crippen MR) is 62.9 cm³/mol. The molecule has 0 spiro atoms. The fourth-order valence-electron chi connectivity index (χ4n) is 1.39. The Balaban J connectivity index is 2.18. The van der Waals surface area contributed by atoms with E-state index in [0.717, 1.165) is 10.7 Å². The van der Waals surface area contributed by atoms with Crippen molar-refractivity contribution < 1.29 is 0 Å². The molecule has 5 nitrogen and oxygen atoms in total. The molecule has 2 rings (SSSR count). The predicted octanol–water partition coefficient (Wildman–Crippen LogP) is 1.38. The van der Waals surface area contributed by atoms with E-state index in [0.29, 0.717) is 0 Å². The third kappa shape index (κ3) is 2.59. The van der Waals surface area contributed by atoms with Crippen LogP contribution in [0.25, 0.3) is 0 Å². The standard InChI is InChI=1S/C10H13N5S/c1-7(11)9(8-3-2-4-12-5-8)16-10-13-6-14-15-10/h2-7,9H,11H2,1H3,(H,13,14,15). The van der Waals surface area contributed by atoms with Crippen molar-refractivity contribution in [3.8, 4) is 0 Å². The van der Waals surface area contributed by atoms with Crippen LogP contribution in [0.2, 0.25) is 0 Å². The second-order valence-electron chi connectivity index (χ2n) is 3.47. The van der Waals surface area contributed by atoms with Crippen LogP contribution in [0.1, 0.15) is 17.7 Å². The molecule has 0 aromatic carbocycles. The van der Waals surface area contributed by atoms with Crippen molar-refractivity contribution in [1.82, 2.24) is 20.2 Å². The Morgan fingerprint density at radius 3 is 2.94 bits per heavy atom. The lowest BCUT2D eigenvalue weighted by Crippen LogP contribution is -2.22. The number of pyridine rings is 1. The summed E-state index contributed by atoms with van der Waals surface area (Å²) in [5, 5.41) is 7.53. The zero-order chi connectivity index (χ0) is 11.4. The molecule has 0 saturated heterocycles. The summed E-state index contributed by atoms with van der Waals surface area (Å²) in [5.74, 6) is 0. The van der Waals surface area contributed by atoms with Gasteiger partial charge in [-0.15, -0.1) is 0 Å². The van der Waals surface area contributed by atoms with Crippen LogP contribution < -0.4 is 5.73 Å². The Bertz CT molecular complexity index is 414. The highest BCUT2D eigenvalue weighted by molar-refractivity contribution is 7.99. The summed E-state index contributed by atoms with van der Waals surface area (Å²) in [6.45, 7) is 1.97. The van der Waals surface area contributed by atoms with Gasteiger partial charge in [0.05, 0.1) is 5.25 Å². The highest BCUT2D eigenvalue weighted by Crippen LogP contribution is 2.34. The fraction of sp³-hybridized carbons (Fsp3) is 0.300. The maximum Gasteiger partial charge on any atom is 0.184 e. The van der Waals surface area contributed by atoms with Crippen molar-refractivity contribution in [3.63, 3.8) is 0 Å². The molecule has 0 aliphatic heterocycles. The van der Waals surface area contributed by atoms with Gasteiger partial charge in [-0.3, -0.25) is 10.1 Å². The van der Waals surface area contributed by atoms with Gasteiger partial charge in [-0.2, -0.15) is 5.10 Å². The van der Waals surface area contributed by atoms with Crippen molar-refractivity contribution in [2.45, 2.75) is 23.4 Å². The lowest BCUT2D eigenvalue weighted by Gasteiger charge is -2.18. The number of hydrogen-bond acceptors (Lipinski definition) is 5. The minimum Gasteiger partial charge on any atom is -0.327 e. The van der Waals surface area contributed by atoms with Crippen molar-refractivity contribution >= 4 is 11.8 Å². The summed E-state index contributed by atoms with van der Waals surface area (Å²) in [5.41, 5.74) is 7.07. The summed E-state index contributed by atoms with van der Waals surface area (Å²) in [4.78, 5) is 8.19. The first-order valence-electron chi connectivity index (χ1n) is 4.95. The van der Waals surface area contributed by atoms with Gasteiger partial charge in [0, 0.05) is 18.4 Å². The summed E-state index contributed by atoms with van der Waals surface area (Å²) in [6, 6.07) is 3.94. The first-order valence-corrected chi connectivity index (χ1v) is 5.83. The molecule has 0 bridgehead atoms. The van der Waals surface area contributed by atoms with Crippen LogP contribution in [0.3, 0.4) is 0 Å². The maximum atomic E-state index is 5.97. The number of nitrogens with two attached hydrogens (primary N) is 1. The molecule has 0 amide bonds. The zero-order valence-electron chi connectivity index (χ0n) is 8.87. The van der Waals surface area contributed by atoms with Crippen LogP contribution >= 0.6 is 11.8 Å². The second-order valence-corrected chi connectivity index (χ2v) is 4.60. The Labute approximate surface area is 97.9 Å². The van der Waals surface area contributed by atoms with Crippen molar-refractivity contribution in [2.24, 2.45) is 5.73 Å². The summed E-state index contributed by atoms with van der Waals surface area (Å²) < 4.78 is 0. The Kier molecular flexibility index (Phi) is 3.53. The van der Waals surface area contributed by atoms with Crippen LogP contribution in [0.5, 0.6) is 0 Å². The second kappa shape index (κ2) is 5.09. The quantitative estimate of drug-likeness (QED) is 0.782. The summed E-state index contributed by atoms with van der Waals surface area (Å²) in [6.07, 6.45) is 5.07. The summed E-state index contributed by atoms with van der Waals surface area (Å²) in [7, 11) is 0. The van der Waals surface area contributed by atoms with E-state index < -0.39 is 0 Å². The first kappa shape index (κ1) is 11.1. The minimum absolute atomic E-state index is 0.0132. The van der Waals surface area contributed by atoms with E-state index in [9.17, 15) is 0 Å². The summed E-state index contributed by atoms with van der Waals surface area (Å²) >= 11 is 1.56. The molecule has 0 radical (unpaired) electrons. The highest BCUT2D eigenvalue weighted by Gasteiger charge is 2.19.